The molecule has 0 heterocycles. The van der Waals surface area contributed by atoms with Crippen molar-refractivity contribution in [2.45, 2.75) is 6.42 Å². The Morgan fingerprint density at radius 3 is 2.93 bits per heavy atom. The van der Waals surface area contributed by atoms with Gasteiger partial charge < -0.3 is 20.9 Å². The van der Waals surface area contributed by atoms with Crippen LogP contribution in [0.4, 0.5) is 11.4 Å². The van der Waals surface area contributed by atoms with Crippen molar-refractivity contribution >= 4 is 11.4 Å². The Morgan fingerprint density at radius 1 is 1.50 bits per heavy atom. The van der Waals surface area contributed by atoms with E-state index in [0.29, 0.717) is 24.4 Å². The number of hydrogen-bond acceptors (Lipinski definition) is 4. The van der Waals surface area contributed by atoms with Crippen molar-refractivity contribution in [2.24, 2.45) is 0 Å². The number of para-hydroxylation sites is 1. The Bertz CT molecular complexity index is 289. The fourth-order valence-electron chi connectivity index (χ4n) is 1.18. The Balaban J connectivity index is 2.66. The molecule has 0 unspecified atom stereocenters. The number of aliphatic hydroxyl groups excluding tert-OH is 1. The molecule has 0 aliphatic carbocycles. The van der Waals surface area contributed by atoms with E-state index < -0.39 is 0 Å². The van der Waals surface area contributed by atoms with Crippen LogP contribution in [-0.2, 0) is 0 Å². The van der Waals surface area contributed by atoms with Gasteiger partial charge in [0.1, 0.15) is 5.75 Å². The van der Waals surface area contributed by atoms with Gasteiger partial charge in [0.15, 0.2) is 0 Å². The Labute approximate surface area is 83.7 Å². The lowest BCUT2D eigenvalue weighted by Gasteiger charge is -2.11. The van der Waals surface area contributed by atoms with Gasteiger partial charge in [-0.25, -0.2) is 0 Å². The molecular weight excluding hydrogens is 180 g/mol. The molecule has 1 aromatic rings. The largest absolute Gasteiger partial charge is 0.495 e. The fraction of sp³-hybridized carbons (Fsp3) is 0.400. The first-order chi connectivity index (χ1) is 6.79. The first-order valence-electron chi connectivity index (χ1n) is 4.56. The van der Waals surface area contributed by atoms with Crippen LogP contribution in [0.1, 0.15) is 6.42 Å². The summed E-state index contributed by atoms with van der Waals surface area (Å²) >= 11 is 0. The van der Waals surface area contributed by atoms with Crippen molar-refractivity contribution in [3.05, 3.63) is 18.2 Å². The average Bonchev–Trinajstić information content (AvgIpc) is 2.21. The third kappa shape index (κ3) is 2.53. The second-order valence-corrected chi connectivity index (χ2v) is 2.93. The molecule has 0 saturated carbocycles. The van der Waals surface area contributed by atoms with Crippen LogP contribution in [0.5, 0.6) is 5.75 Å². The molecule has 4 N–H and O–H groups in total. The molecule has 4 heteroatoms. The molecule has 0 aliphatic heterocycles. The summed E-state index contributed by atoms with van der Waals surface area (Å²) in [6.45, 7) is 0.880. The van der Waals surface area contributed by atoms with E-state index in [9.17, 15) is 0 Å². The molecule has 0 amide bonds. The SMILES string of the molecule is COc1cccc(NCCCO)c1N. The summed E-state index contributed by atoms with van der Waals surface area (Å²) in [5, 5.41) is 11.7. The van der Waals surface area contributed by atoms with Crippen LogP contribution in [0.2, 0.25) is 0 Å². The lowest BCUT2D eigenvalue weighted by Crippen LogP contribution is -2.06. The highest BCUT2D eigenvalue weighted by atomic mass is 16.5. The number of nitrogens with one attached hydrogen (secondary N) is 1. The molecule has 0 atom stereocenters. The van der Waals surface area contributed by atoms with E-state index in [0.717, 1.165) is 5.69 Å². The number of nitrogen functional groups attached to an aromatic ring is 1. The maximum atomic E-state index is 8.62. The van der Waals surface area contributed by atoms with E-state index in [2.05, 4.69) is 5.32 Å². The predicted octanol–water partition coefficient (Wildman–Crippen LogP) is 1.07. The molecule has 0 fully saturated rings. The van der Waals surface area contributed by atoms with Crippen molar-refractivity contribution in [3.63, 3.8) is 0 Å². The van der Waals surface area contributed by atoms with E-state index in [-0.39, 0.29) is 6.61 Å². The van der Waals surface area contributed by atoms with Crippen LogP contribution < -0.4 is 15.8 Å². The van der Waals surface area contributed by atoms with Gasteiger partial charge in [-0.2, -0.15) is 0 Å². The molecule has 0 spiro atoms. The van der Waals surface area contributed by atoms with E-state index in [1.165, 1.54) is 0 Å². The van der Waals surface area contributed by atoms with Gasteiger partial charge in [0.05, 0.1) is 18.5 Å². The lowest BCUT2D eigenvalue weighted by atomic mass is 10.2. The first kappa shape index (κ1) is 10.7. The molecule has 14 heavy (non-hydrogen) atoms. The van der Waals surface area contributed by atoms with Crippen molar-refractivity contribution in [3.8, 4) is 5.75 Å². The van der Waals surface area contributed by atoms with Gasteiger partial charge in [-0.1, -0.05) is 6.07 Å². The predicted molar refractivity (Wildman–Crippen MR) is 57.6 cm³/mol. The Morgan fingerprint density at radius 2 is 2.29 bits per heavy atom. The van der Waals surface area contributed by atoms with Crippen molar-refractivity contribution < 1.29 is 9.84 Å². The minimum atomic E-state index is 0.177. The zero-order chi connectivity index (χ0) is 10.4. The molecule has 0 bridgehead atoms. The molecule has 78 valence electrons. The summed E-state index contributed by atoms with van der Waals surface area (Å²) in [5.41, 5.74) is 7.28. The van der Waals surface area contributed by atoms with Gasteiger partial charge in [-0.05, 0) is 18.6 Å². The number of aliphatic hydroxyl groups is 1. The minimum Gasteiger partial charge on any atom is -0.495 e. The van der Waals surface area contributed by atoms with E-state index in [1.54, 1.807) is 7.11 Å². The van der Waals surface area contributed by atoms with Gasteiger partial charge in [0.25, 0.3) is 0 Å². The monoisotopic (exact) mass is 196 g/mol. The minimum absolute atomic E-state index is 0.177. The highest BCUT2D eigenvalue weighted by Crippen LogP contribution is 2.28. The third-order valence-electron chi connectivity index (χ3n) is 1.94. The second-order valence-electron chi connectivity index (χ2n) is 2.93. The van der Waals surface area contributed by atoms with Gasteiger partial charge in [-0.3, -0.25) is 0 Å². The second kappa shape index (κ2) is 5.34. The molecule has 0 saturated heterocycles. The molecular formula is C10H16N2O2. The summed E-state index contributed by atoms with van der Waals surface area (Å²) in [6, 6.07) is 5.57. The third-order valence-corrected chi connectivity index (χ3v) is 1.94. The summed E-state index contributed by atoms with van der Waals surface area (Å²) < 4.78 is 5.08. The maximum absolute atomic E-state index is 8.62. The van der Waals surface area contributed by atoms with Crippen LogP contribution in [-0.4, -0.2) is 25.4 Å². The van der Waals surface area contributed by atoms with Crippen LogP contribution >= 0.6 is 0 Å². The van der Waals surface area contributed by atoms with Crippen LogP contribution in [0.3, 0.4) is 0 Å². The molecule has 1 rings (SSSR count). The maximum Gasteiger partial charge on any atom is 0.143 e. The van der Waals surface area contributed by atoms with Crippen LogP contribution in [0.25, 0.3) is 0 Å². The number of hydrogen-bond donors (Lipinski definition) is 3. The number of methoxy groups -OCH3 is 1. The zero-order valence-electron chi connectivity index (χ0n) is 8.29. The van der Waals surface area contributed by atoms with Gasteiger partial charge in [0.2, 0.25) is 0 Å². The van der Waals surface area contributed by atoms with E-state index in [4.69, 9.17) is 15.6 Å². The first-order valence-corrected chi connectivity index (χ1v) is 4.56. The van der Waals surface area contributed by atoms with E-state index >= 15 is 0 Å². The van der Waals surface area contributed by atoms with Gasteiger partial charge >= 0.3 is 0 Å². The summed E-state index contributed by atoms with van der Waals surface area (Å²) in [6.07, 6.45) is 0.705. The van der Waals surface area contributed by atoms with Crippen LogP contribution in [0.15, 0.2) is 18.2 Å². The smallest absolute Gasteiger partial charge is 0.143 e. The summed E-state index contributed by atoms with van der Waals surface area (Å²) in [4.78, 5) is 0. The number of nitrogens with two attached hydrogens (primary N) is 1. The normalized spacial score (nSPS) is 9.86. The van der Waals surface area contributed by atoms with Gasteiger partial charge in [0, 0.05) is 13.2 Å². The Kier molecular flexibility index (Phi) is 4.07. The molecule has 0 radical (unpaired) electrons. The lowest BCUT2D eigenvalue weighted by molar-refractivity contribution is 0.292. The highest BCUT2D eigenvalue weighted by Gasteiger charge is 2.03. The standard InChI is InChI=1S/C10H16N2O2/c1-14-9-5-2-4-8(10(9)11)12-6-3-7-13/h2,4-5,12-13H,3,6-7,11H2,1H3. The topological polar surface area (TPSA) is 67.5 Å². The molecule has 0 aromatic heterocycles. The van der Waals surface area contributed by atoms with Crippen molar-refractivity contribution in [1.29, 1.82) is 0 Å². The number of rotatable bonds is 5. The fourth-order valence-corrected chi connectivity index (χ4v) is 1.18. The van der Waals surface area contributed by atoms with Gasteiger partial charge in [-0.15, -0.1) is 0 Å². The quantitative estimate of drug-likeness (QED) is 0.487. The zero-order valence-corrected chi connectivity index (χ0v) is 8.29. The number of benzene rings is 1. The Hall–Kier alpha value is -1.42. The highest BCUT2D eigenvalue weighted by molar-refractivity contribution is 5.72. The summed E-state index contributed by atoms with van der Waals surface area (Å²) in [7, 11) is 1.59. The molecule has 4 nitrogen and oxygen atoms in total. The number of anilines is 2. The van der Waals surface area contributed by atoms with Crippen LogP contribution in [0, 0.1) is 0 Å². The average molecular weight is 196 g/mol. The summed E-state index contributed by atoms with van der Waals surface area (Å²) in [5.74, 6) is 0.666. The van der Waals surface area contributed by atoms with E-state index in [1.807, 2.05) is 18.2 Å². The van der Waals surface area contributed by atoms with Crippen molar-refractivity contribution in [1.82, 2.24) is 0 Å². The number of ether oxygens (including phenoxy) is 1. The van der Waals surface area contributed by atoms with Crippen molar-refractivity contribution in [2.75, 3.05) is 31.3 Å². The molecule has 1 aromatic carbocycles. The molecule has 0 aliphatic rings.